The number of hydrogen-bond donors (Lipinski definition) is 3. The summed E-state index contributed by atoms with van der Waals surface area (Å²) in [5.74, 6) is -0.643. The van der Waals surface area contributed by atoms with Crippen molar-refractivity contribution >= 4 is 11.9 Å². The third kappa shape index (κ3) is 3.10. The van der Waals surface area contributed by atoms with Crippen LogP contribution in [-0.4, -0.2) is 38.2 Å². The van der Waals surface area contributed by atoms with Crippen LogP contribution in [0.1, 0.15) is 55.5 Å². The van der Waals surface area contributed by atoms with E-state index in [4.69, 9.17) is 5.11 Å². The lowest BCUT2D eigenvalue weighted by Gasteiger charge is -2.19. The predicted octanol–water partition coefficient (Wildman–Crippen LogP) is 0.911. The second-order valence-corrected chi connectivity index (χ2v) is 4.99. The summed E-state index contributed by atoms with van der Waals surface area (Å²) >= 11 is 0. The Balaban J connectivity index is 2.03. The number of aromatic nitrogens is 3. The van der Waals surface area contributed by atoms with Crippen LogP contribution >= 0.6 is 0 Å². The molecule has 1 heterocycles. The SMILES string of the molecule is CCC(C)C(NC(=O)c1n[nH]c(C2CC2)n1)C(=O)O. The molecule has 1 aliphatic carbocycles. The van der Waals surface area contributed by atoms with Crippen LogP contribution in [0, 0.1) is 5.92 Å². The zero-order valence-corrected chi connectivity index (χ0v) is 11.0. The molecule has 1 fully saturated rings. The van der Waals surface area contributed by atoms with E-state index in [1.165, 1.54) is 0 Å². The largest absolute Gasteiger partial charge is 0.480 e. The van der Waals surface area contributed by atoms with Crippen molar-refractivity contribution in [3.63, 3.8) is 0 Å². The first-order valence-corrected chi connectivity index (χ1v) is 6.48. The first kappa shape index (κ1) is 13.5. The maximum atomic E-state index is 11.9. The third-order valence-electron chi connectivity index (χ3n) is 3.44. The average molecular weight is 266 g/mol. The fourth-order valence-corrected chi connectivity index (χ4v) is 1.80. The van der Waals surface area contributed by atoms with E-state index < -0.39 is 17.9 Å². The Labute approximate surface area is 110 Å². The molecule has 19 heavy (non-hydrogen) atoms. The first-order valence-electron chi connectivity index (χ1n) is 6.48. The van der Waals surface area contributed by atoms with E-state index in [1.54, 1.807) is 6.92 Å². The minimum atomic E-state index is -1.04. The number of carbonyl (C=O) groups excluding carboxylic acids is 1. The van der Waals surface area contributed by atoms with Gasteiger partial charge in [-0.3, -0.25) is 9.89 Å². The summed E-state index contributed by atoms with van der Waals surface area (Å²) in [5, 5.41) is 18.1. The molecular weight excluding hydrogens is 248 g/mol. The maximum Gasteiger partial charge on any atom is 0.326 e. The maximum absolute atomic E-state index is 11.9. The number of nitrogens with zero attached hydrogens (tertiary/aromatic N) is 2. The number of aliphatic carboxylic acids is 1. The van der Waals surface area contributed by atoms with Crippen LogP contribution in [0.15, 0.2) is 0 Å². The van der Waals surface area contributed by atoms with Crippen LogP contribution in [0.5, 0.6) is 0 Å². The van der Waals surface area contributed by atoms with Crippen molar-refractivity contribution in [3.05, 3.63) is 11.6 Å². The smallest absolute Gasteiger partial charge is 0.326 e. The molecule has 1 aromatic heterocycles. The summed E-state index contributed by atoms with van der Waals surface area (Å²) in [4.78, 5) is 27.1. The summed E-state index contributed by atoms with van der Waals surface area (Å²) in [6.07, 6.45) is 2.78. The van der Waals surface area contributed by atoms with Crippen molar-refractivity contribution in [2.75, 3.05) is 0 Å². The fraction of sp³-hybridized carbons (Fsp3) is 0.667. The molecule has 3 N–H and O–H groups in total. The number of carboxylic acid groups (broad SMARTS) is 1. The summed E-state index contributed by atoms with van der Waals surface area (Å²) in [5.41, 5.74) is 0. The number of rotatable bonds is 6. The van der Waals surface area contributed by atoms with Crippen LogP contribution in [0.3, 0.4) is 0 Å². The summed E-state index contributed by atoms with van der Waals surface area (Å²) < 4.78 is 0. The first-order chi connectivity index (χ1) is 9.02. The molecule has 1 aromatic rings. The number of nitrogens with one attached hydrogen (secondary N) is 2. The van der Waals surface area contributed by atoms with Gasteiger partial charge in [0, 0.05) is 5.92 Å². The summed E-state index contributed by atoms with van der Waals surface area (Å²) in [7, 11) is 0. The van der Waals surface area contributed by atoms with Crippen molar-refractivity contribution in [3.8, 4) is 0 Å². The molecule has 0 saturated heterocycles. The molecule has 0 aromatic carbocycles. The molecule has 1 saturated carbocycles. The third-order valence-corrected chi connectivity index (χ3v) is 3.44. The van der Waals surface area contributed by atoms with Crippen molar-refractivity contribution in [1.29, 1.82) is 0 Å². The minimum absolute atomic E-state index is 0.0106. The number of amides is 1. The monoisotopic (exact) mass is 266 g/mol. The van der Waals surface area contributed by atoms with Crippen LogP contribution < -0.4 is 5.32 Å². The van der Waals surface area contributed by atoms with Crippen molar-refractivity contribution in [2.45, 2.75) is 45.1 Å². The van der Waals surface area contributed by atoms with Gasteiger partial charge in [-0.05, 0) is 18.8 Å². The highest BCUT2D eigenvalue weighted by Crippen LogP contribution is 2.37. The standard InChI is InChI=1S/C12H18N4O3/c1-3-6(2)8(12(18)19)13-11(17)10-14-9(15-16-10)7-4-5-7/h6-8H,3-5H2,1-2H3,(H,13,17)(H,18,19)(H,14,15,16). The van der Waals surface area contributed by atoms with E-state index >= 15 is 0 Å². The van der Waals surface area contributed by atoms with Crippen LogP contribution in [-0.2, 0) is 4.79 Å². The van der Waals surface area contributed by atoms with E-state index in [1.807, 2.05) is 6.92 Å². The summed E-state index contributed by atoms with van der Waals surface area (Å²) in [6.45, 7) is 3.66. The van der Waals surface area contributed by atoms with Gasteiger partial charge in [-0.25, -0.2) is 9.78 Å². The Hall–Kier alpha value is -1.92. The predicted molar refractivity (Wildman–Crippen MR) is 66.7 cm³/mol. The molecule has 2 unspecified atom stereocenters. The van der Waals surface area contributed by atoms with E-state index in [2.05, 4.69) is 20.5 Å². The molecule has 0 bridgehead atoms. The molecular formula is C12H18N4O3. The highest BCUT2D eigenvalue weighted by atomic mass is 16.4. The quantitative estimate of drug-likeness (QED) is 0.709. The van der Waals surface area contributed by atoms with Gasteiger partial charge in [0.25, 0.3) is 5.91 Å². The van der Waals surface area contributed by atoms with E-state index in [9.17, 15) is 9.59 Å². The molecule has 1 aliphatic rings. The van der Waals surface area contributed by atoms with E-state index in [0.29, 0.717) is 18.2 Å². The highest BCUT2D eigenvalue weighted by Gasteiger charge is 2.30. The topological polar surface area (TPSA) is 108 Å². The second kappa shape index (κ2) is 5.38. The Morgan fingerprint density at radius 3 is 2.74 bits per heavy atom. The van der Waals surface area contributed by atoms with Crippen LogP contribution in [0.4, 0.5) is 0 Å². The molecule has 2 rings (SSSR count). The van der Waals surface area contributed by atoms with Crippen molar-refractivity contribution in [2.24, 2.45) is 5.92 Å². The second-order valence-electron chi connectivity index (χ2n) is 4.99. The Bertz CT molecular complexity index is 481. The molecule has 104 valence electrons. The lowest BCUT2D eigenvalue weighted by molar-refractivity contribution is -0.140. The number of aromatic amines is 1. The zero-order valence-electron chi connectivity index (χ0n) is 11.0. The van der Waals surface area contributed by atoms with Crippen molar-refractivity contribution < 1.29 is 14.7 Å². The fourth-order valence-electron chi connectivity index (χ4n) is 1.80. The van der Waals surface area contributed by atoms with Gasteiger partial charge in [0.05, 0.1) is 0 Å². The molecule has 2 atom stereocenters. The lowest BCUT2D eigenvalue weighted by atomic mass is 9.99. The molecule has 0 spiro atoms. The molecule has 1 amide bonds. The van der Waals surface area contributed by atoms with E-state index in [-0.39, 0.29) is 11.7 Å². The van der Waals surface area contributed by atoms with Crippen LogP contribution in [0.25, 0.3) is 0 Å². The number of carbonyl (C=O) groups is 2. The summed E-state index contributed by atoms with van der Waals surface area (Å²) in [6, 6.07) is -0.916. The molecule has 0 radical (unpaired) electrons. The molecule has 7 nitrogen and oxygen atoms in total. The van der Waals surface area contributed by atoms with Gasteiger partial charge in [0.15, 0.2) is 0 Å². The van der Waals surface area contributed by atoms with Gasteiger partial charge in [0.2, 0.25) is 5.82 Å². The number of hydrogen-bond acceptors (Lipinski definition) is 4. The van der Waals surface area contributed by atoms with Crippen LogP contribution in [0.2, 0.25) is 0 Å². The molecule has 7 heteroatoms. The Kier molecular flexibility index (Phi) is 3.82. The number of carboxylic acids is 1. The van der Waals surface area contributed by atoms with Gasteiger partial charge in [-0.2, -0.15) is 0 Å². The lowest BCUT2D eigenvalue weighted by Crippen LogP contribution is -2.45. The minimum Gasteiger partial charge on any atom is -0.480 e. The van der Waals surface area contributed by atoms with Gasteiger partial charge in [0.1, 0.15) is 11.9 Å². The Morgan fingerprint density at radius 1 is 1.53 bits per heavy atom. The molecule has 0 aliphatic heterocycles. The van der Waals surface area contributed by atoms with Gasteiger partial charge >= 0.3 is 5.97 Å². The van der Waals surface area contributed by atoms with Gasteiger partial charge in [-0.1, -0.05) is 20.3 Å². The number of H-pyrrole nitrogens is 1. The Morgan fingerprint density at radius 2 is 2.21 bits per heavy atom. The van der Waals surface area contributed by atoms with Gasteiger partial charge < -0.3 is 10.4 Å². The van der Waals surface area contributed by atoms with E-state index in [0.717, 1.165) is 12.8 Å². The zero-order chi connectivity index (χ0) is 14.0. The van der Waals surface area contributed by atoms with Gasteiger partial charge in [-0.15, -0.1) is 5.10 Å². The van der Waals surface area contributed by atoms with Crippen molar-refractivity contribution in [1.82, 2.24) is 20.5 Å². The highest BCUT2D eigenvalue weighted by molar-refractivity contribution is 5.93. The normalized spacial score (nSPS) is 17.8. The average Bonchev–Trinajstić information content (AvgIpc) is 3.12.